The maximum Gasteiger partial charge on any atom is 0.305 e. The van der Waals surface area contributed by atoms with Gasteiger partial charge in [0.2, 0.25) is 0 Å². The van der Waals surface area contributed by atoms with Gasteiger partial charge in [-0.1, -0.05) is 58.3 Å². The molecular formula is C19H38O4. The standard InChI is InChI=1S/C19H38O4/c1-3-4-9-12-17(20)15-16-18(21)13-10-7-5-6-8-11-14-19(22)23-2/h17-18,20-21H,3-16H2,1-2H3/t17-,18-/m0/s1. The van der Waals surface area contributed by atoms with Crippen LogP contribution in [0.1, 0.15) is 96.8 Å². The third kappa shape index (κ3) is 16.0. The van der Waals surface area contributed by atoms with Crippen LogP contribution in [0.3, 0.4) is 0 Å². The van der Waals surface area contributed by atoms with E-state index in [1.165, 1.54) is 20.0 Å². The van der Waals surface area contributed by atoms with Crippen LogP contribution in [-0.2, 0) is 9.53 Å². The number of ether oxygens (including phenoxy) is 1. The summed E-state index contributed by atoms with van der Waals surface area (Å²) in [6.07, 6.45) is 13.1. The second-order valence-electron chi connectivity index (χ2n) is 6.62. The van der Waals surface area contributed by atoms with Crippen molar-refractivity contribution in [3.8, 4) is 0 Å². The lowest BCUT2D eigenvalue weighted by molar-refractivity contribution is -0.140. The van der Waals surface area contributed by atoms with Crippen LogP contribution in [0.15, 0.2) is 0 Å². The summed E-state index contributed by atoms with van der Waals surface area (Å²) in [5, 5.41) is 19.8. The van der Waals surface area contributed by atoms with Crippen molar-refractivity contribution in [3.63, 3.8) is 0 Å². The van der Waals surface area contributed by atoms with Crippen molar-refractivity contribution in [2.45, 2.75) is 109 Å². The minimum atomic E-state index is -0.268. The molecule has 2 N–H and O–H groups in total. The minimum absolute atomic E-state index is 0.120. The highest BCUT2D eigenvalue weighted by molar-refractivity contribution is 5.68. The van der Waals surface area contributed by atoms with Crippen LogP contribution >= 0.6 is 0 Å². The second-order valence-corrected chi connectivity index (χ2v) is 6.62. The number of aliphatic hydroxyl groups excluding tert-OH is 2. The summed E-state index contributed by atoms with van der Waals surface area (Å²) < 4.78 is 4.60. The number of aliphatic hydroxyl groups is 2. The summed E-state index contributed by atoms with van der Waals surface area (Å²) in [6, 6.07) is 0. The van der Waals surface area contributed by atoms with E-state index in [0.29, 0.717) is 12.8 Å². The van der Waals surface area contributed by atoms with E-state index in [-0.39, 0.29) is 18.2 Å². The van der Waals surface area contributed by atoms with Crippen LogP contribution in [0.2, 0.25) is 0 Å². The Morgan fingerprint density at radius 3 is 1.78 bits per heavy atom. The molecule has 2 atom stereocenters. The zero-order valence-electron chi connectivity index (χ0n) is 15.3. The summed E-state index contributed by atoms with van der Waals surface area (Å²) >= 11 is 0. The Morgan fingerprint density at radius 1 is 0.783 bits per heavy atom. The number of carbonyl (C=O) groups excluding carboxylic acids is 1. The lowest BCUT2D eigenvalue weighted by Gasteiger charge is -2.14. The van der Waals surface area contributed by atoms with Gasteiger partial charge in [0.05, 0.1) is 19.3 Å². The first-order chi connectivity index (χ1) is 11.1. The molecule has 0 heterocycles. The minimum Gasteiger partial charge on any atom is -0.469 e. The van der Waals surface area contributed by atoms with Crippen molar-refractivity contribution in [2.75, 3.05) is 7.11 Å². The highest BCUT2D eigenvalue weighted by Crippen LogP contribution is 2.14. The predicted molar refractivity (Wildman–Crippen MR) is 94.3 cm³/mol. The molecular weight excluding hydrogens is 292 g/mol. The first-order valence-electron chi connectivity index (χ1n) is 9.53. The molecule has 0 aliphatic rings. The second kappa shape index (κ2) is 16.3. The summed E-state index contributed by atoms with van der Waals surface area (Å²) in [7, 11) is 1.43. The molecule has 0 saturated carbocycles. The van der Waals surface area contributed by atoms with Gasteiger partial charge >= 0.3 is 5.97 Å². The topological polar surface area (TPSA) is 66.8 Å². The number of hydrogen-bond acceptors (Lipinski definition) is 4. The van der Waals surface area contributed by atoms with E-state index in [1.54, 1.807) is 0 Å². The maximum atomic E-state index is 10.9. The summed E-state index contributed by atoms with van der Waals surface area (Å²) in [4.78, 5) is 10.9. The zero-order chi connectivity index (χ0) is 17.3. The largest absolute Gasteiger partial charge is 0.469 e. The number of methoxy groups -OCH3 is 1. The Labute approximate surface area is 142 Å². The summed E-state index contributed by atoms with van der Waals surface area (Å²) in [5.41, 5.74) is 0. The van der Waals surface area contributed by atoms with Gasteiger partial charge in [0.25, 0.3) is 0 Å². The van der Waals surface area contributed by atoms with Gasteiger partial charge in [0, 0.05) is 6.42 Å². The molecule has 0 radical (unpaired) electrons. The van der Waals surface area contributed by atoms with Gasteiger partial charge in [-0.05, 0) is 32.1 Å². The normalized spacial score (nSPS) is 13.7. The van der Waals surface area contributed by atoms with Gasteiger partial charge in [0.15, 0.2) is 0 Å². The third-order valence-electron chi connectivity index (χ3n) is 4.37. The molecule has 0 unspecified atom stereocenters. The van der Waals surface area contributed by atoms with Crippen LogP contribution in [0, 0.1) is 0 Å². The average Bonchev–Trinajstić information content (AvgIpc) is 2.55. The van der Waals surface area contributed by atoms with E-state index in [1.807, 2.05) is 0 Å². The van der Waals surface area contributed by atoms with E-state index in [4.69, 9.17) is 0 Å². The van der Waals surface area contributed by atoms with E-state index in [0.717, 1.165) is 64.2 Å². The first-order valence-corrected chi connectivity index (χ1v) is 9.53. The van der Waals surface area contributed by atoms with Gasteiger partial charge in [0.1, 0.15) is 0 Å². The van der Waals surface area contributed by atoms with Gasteiger partial charge in [-0.2, -0.15) is 0 Å². The number of esters is 1. The first kappa shape index (κ1) is 22.4. The number of rotatable bonds is 16. The monoisotopic (exact) mass is 330 g/mol. The predicted octanol–water partition coefficient (Wildman–Crippen LogP) is 4.36. The van der Waals surface area contributed by atoms with Crippen molar-refractivity contribution in [2.24, 2.45) is 0 Å². The summed E-state index contributed by atoms with van der Waals surface area (Å²) in [6.45, 7) is 2.16. The fourth-order valence-corrected chi connectivity index (χ4v) is 2.76. The molecule has 0 aromatic carbocycles. The lowest BCUT2D eigenvalue weighted by Crippen LogP contribution is -2.13. The van der Waals surface area contributed by atoms with E-state index >= 15 is 0 Å². The molecule has 0 saturated heterocycles. The van der Waals surface area contributed by atoms with E-state index in [2.05, 4.69) is 11.7 Å². The third-order valence-corrected chi connectivity index (χ3v) is 4.37. The van der Waals surface area contributed by atoms with Crippen molar-refractivity contribution in [1.29, 1.82) is 0 Å². The Hall–Kier alpha value is -0.610. The fraction of sp³-hybridized carbons (Fsp3) is 0.947. The SMILES string of the molecule is CCCCC[C@H](O)CC[C@@H](O)CCCCCCCCC(=O)OC. The quantitative estimate of drug-likeness (QED) is 0.326. The molecule has 0 aromatic heterocycles. The average molecular weight is 331 g/mol. The summed E-state index contributed by atoms with van der Waals surface area (Å²) in [5.74, 6) is -0.120. The Kier molecular flexibility index (Phi) is 15.8. The molecule has 0 rings (SSSR count). The van der Waals surface area contributed by atoms with Crippen molar-refractivity contribution in [3.05, 3.63) is 0 Å². The smallest absolute Gasteiger partial charge is 0.305 e. The number of carbonyl (C=O) groups is 1. The maximum absolute atomic E-state index is 10.9. The lowest BCUT2D eigenvalue weighted by atomic mass is 10.0. The van der Waals surface area contributed by atoms with Crippen molar-refractivity contribution >= 4 is 5.97 Å². The highest BCUT2D eigenvalue weighted by Gasteiger charge is 2.09. The molecule has 0 spiro atoms. The van der Waals surface area contributed by atoms with Crippen LogP contribution in [-0.4, -0.2) is 35.5 Å². The Morgan fingerprint density at radius 2 is 1.26 bits per heavy atom. The van der Waals surface area contributed by atoms with Gasteiger partial charge in [-0.3, -0.25) is 4.79 Å². The van der Waals surface area contributed by atoms with Crippen LogP contribution in [0.25, 0.3) is 0 Å². The Bertz CT molecular complexity index is 268. The van der Waals surface area contributed by atoms with E-state index < -0.39 is 0 Å². The molecule has 4 nitrogen and oxygen atoms in total. The molecule has 0 bridgehead atoms. The fourth-order valence-electron chi connectivity index (χ4n) is 2.76. The van der Waals surface area contributed by atoms with Crippen LogP contribution in [0.5, 0.6) is 0 Å². The molecule has 23 heavy (non-hydrogen) atoms. The van der Waals surface area contributed by atoms with Crippen molar-refractivity contribution < 1.29 is 19.7 Å². The van der Waals surface area contributed by atoms with Gasteiger partial charge in [-0.25, -0.2) is 0 Å². The highest BCUT2D eigenvalue weighted by atomic mass is 16.5. The molecule has 0 aromatic rings. The Balaban J connectivity index is 3.33. The number of hydrogen-bond donors (Lipinski definition) is 2. The molecule has 0 amide bonds. The zero-order valence-corrected chi connectivity index (χ0v) is 15.3. The van der Waals surface area contributed by atoms with Gasteiger partial charge in [-0.15, -0.1) is 0 Å². The molecule has 0 aliphatic heterocycles. The number of unbranched alkanes of at least 4 members (excludes halogenated alkanes) is 7. The van der Waals surface area contributed by atoms with E-state index in [9.17, 15) is 15.0 Å². The molecule has 4 heteroatoms. The molecule has 0 fully saturated rings. The molecule has 138 valence electrons. The van der Waals surface area contributed by atoms with Gasteiger partial charge < -0.3 is 14.9 Å². The van der Waals surface area contributed by atoms with Crippen LogP contribution < -0.4 is 0 Å². The molecule has 0 aliphatic carbocycles. The van der Waals surface area contributed by atoms with Crippen LogP contribution in [0.4, 0.5) is 0 Å². The van der Waals surface area contributed by atoms with Crippen molar-refractivity contribution in [1.82, 2.24) is 0 Å².